The third-order valence-corrected chi connectivity index (χ3v) is 4.33. The van der Waals surface area contributed by atoms with Crippen LogP contribution in [0.5, 0.6) is 0 Å². The summed E-state index contributed by atoms with van der Waals surface area (Å²) in [5.74, 6) is -0.347. The van der Waals surface area contributed by atoms with Crippen molar-refractivity contribution in [3.8, 4) is 0 Å². The maximum atomic E-state index is 12.1. The van der Waals surface area contributed by atoms with Crippen molar-refractivity contribution in [2.45, 2.75) is 19.8 Å². The highest BCUT2D eigenvalue weighted by atomic mass is 79.9. The summed E-state index contributed by atoms with van der Waals surface area (Å²) in [5.41, 5.74) is 0.756. The Bertz CT molecular complexity index is 536. The lowest BCUT2D eigenvalue weighted by atomic mass is 9.98. The summed E-state index contributed by atoms with van der Waals surface area (Å²) in [7, 11) is 0. The second kappa shape index (κ2) is 8.29. The van der Waals surface area contributed by atoms with Crippen LogP contribution in [0.25, 0.3) is 0 Å². The van der Waals surface area contributed by atoms with Crippen LogP contribution >= 0.6 is 15.9 Å². The number of esters is 1. The van der Waals surface area contributed by atoms with E-state index in [9.17, 15) is 9.59 Å². The molecule has 1 N–H and O–H groups in total. The topological polar surface area (TPSA) is 58.6 Å². The molecule has 0 spiro atoms. The molecule has 2 rings (SSSR count). The van der Waals surface area contributed by atoms with Crippen molar-refractivity contribution in [2.75, 3.05) is 31.6 Å². The number of nitrogens with zero attached hydrogens (tertiary/aromatic N) is 1. The number of benzene rings is 1. The summed E-state index contributed by atoms with van der Waals surface area (Å²) >= 11 is 3.41. The third-order valence-electron chi connectivity index (χ3n) is 3.64. The molecular formula is C16H21BrN2O3. The Morgan fingerprint density at radius 2 is 2.18 bits per heavy atom. The fraction of sp³-hybridized carbons (Fsp3) is 0.500. The van der Waals surface area contributed by atoms with Gasteiger partial charge in [0, 0.05) is 11.0 Å². The van der Waals surface area contributed by atoms with Gasteiger partial charge in [0.25, 0.3) is 0 Å². The fourth-order valence-electron chi connectivity index (χ4n) is 2.61. The standard InChI is InChI=1S/C16H21BrN2O3/c1-2-22-16(21)12-6-5-9-19(10-12)11-15(20)18-14-8-4-3-7-13(14)17/h3-4,7-8,12H,2,5-6,9-11H2,1H3,(H,18,20)/t12-/m1/s1. The van der Waals surface area contributed by atoms with Gasteiger partial charge in [0.15, 0.2) is 0 Å². The van der Waals surface area contributed by atoms with E-state index in [2.05, 4.69) is 21.2 Å². The summed E-state index contributed by atoms with van der Waals surface area (Å²) in [6.07, 6.45) is 1.74. The lowest BCUT2D eigenvalue weighted by Crippen LogP contribution is -2.43. The Balaban J connectivity index is 1.86. The van der Waals surface area contributed by atoms with E-state index in [1.807, 2.05) is 36.1 Å². The van der Waals surface area contributed by atoms with Crippen LogP contribution in [0.15, 0.2) is 28.7 Å². The highest BCUT2D eigenvalue weighted by molar-refractivity contribution is 9.10. The Morgan fingerprint density at radius 3 is 2.91 bits per heavy atom. The summed E-state index contributed by atoms with van der Waals surface area (Å²) in [4.78, 5) is 26.0. The molecule has 0 aliphatic carbocycles. The highest BCUT2D eigenvalue weighted by Crippen LogP contribution is 2.22. The van der Waals surface area contributed by atoms with Crippen LogP contribution < -0.4 is 5.32 Å². The van der Waals surface area contributed by atoms with Crippen molar-refractivity contribution in [3.63, 3.8) is 0 Å². The van der Waals surface area contributed by atoms with Gasteiger partial charge in [0.1, 0.15) is 0 Å². The van der Waals surface area contributed by atoms with E-state index in [1.165, 1.54) is 0 Å². The molecule has 0 bridgehead atoms. The third kappa shape index (κ3) is 4.81. The highest BCUT2D eigenvalue weighted by Gasteiger charge is 2.27. The van der Waals surface area contributed by atoms with Gasteiger partial charge in [0.05, 0.1) is 24.8 Å². The van der Waals surface area contributed by atoms with Crippen LogP contribution in [-0.4, -0.2) is 43.0 Å². The molecule has 1 fully saturated rings. The fourth-order valence-corrected chi connectivity index (χ4v) is 2.99. The molecule has 1 aromatic rings. The van der Waals surface area contributed by atoms with E-state index in [4.69, 9.17) is 4.74 Å². The van der Waals surface area contributed by atoms with Crippen molar-refractivity contribution in [3.05, 3.63) is 28.7 Å². The number of carbonyl (C=O) groups is 2. The number of rotatable bonds is 5. The second-order valence-corrected chi connectivity index (χ2v) is 6.21. The van der Waals surface area contributed by atoms with Crippen molar-refractivity contribution in [2.24, 2.45) is 5.92 Å². The quantitative estimate of drug-likeness (QED) is 0.811. The largest absolute Gasteiger partial charge is 0.466 e. The normalized spacial score (nSPS) is 18.7. The van der Waals surface area contributed by atoms with E-state index in [-0.39, 0.29) is 24.3 Å². The average Bonchev–Trinajstić information content (AvgIpc) is 2.50. The van der Waals surface area contributed by atoms with Gasteiger partial charge in [-0.05, 0) is 54.4 Å². The van der Waals surface area contributed by atoms with Gasteiger partial charge in [-0.25, -0.2) is 0 Å². The molecule has 0 aromatic heterocycles. The number of ether oxygens (including phenoxy) is 1. The number of amides is 1. The number of para-hydroxylation sites is 1. The van der Waals surface area contributed by atoms with Gasteiger partial charge in [-0.1, -0.05) is 12.1 Å². The molecular weight excluding hydrogens is 348 g/mol. The molecule has 120 valence electrons. The van der Waals surface area contributed by atoms with E-state index in [0.29, 0.717) is 13.2 Å². The van der Waals surface area contributed by atoms with E-state index in [0.717, 1.165) is 29.5 Å². The smallest absolute Gasteiger partial charge is 0.310 e. The molecule has 1 atom stereocenters. The van der Waals surface area contributed by atoms with Crippen molar-refractivity contribution < 1.29 is 14.3 Å². The molecule has 1 aromatic carbocycles. The zero-order chi connectivity index (χ0) is 15.9. The molecule has 1 amide bonds. The van der Waals surface area contributed by atoms with Crippen molar-refractivity contribution in [1.82, 2.24) is 4.90 Å². The van der Waals surface area contributed by atoms with Crippen LogP contribution in [0, 0.1) is 5.92 Å². The molecule has 6 heteroatoms. The lowest BCUT2D eigenvalue weighted by molar-refractivity contribution is -0.150. The monoisotopic (exact) mass is 368 g/mol. The van der Waals surface area contributed by atoms with Gasteiger partial charge in [-0.3, -0.25) is 14.5 Å². The summed E-state index contributed by atoms with van der Waals surface area (Å²) in [5, 5.41) is 2.88. The number of carbonyl (C=O) groups excluding carboxylic acids is 2. The van der Waals surface area contributed by atoms with E-state index < -0.39 is 0 Å². The number of piperidine rings is 1. The molecule has 1 saturated heterocycles. The minimum Gasteiger partial charge on any atom is -0.466 e. The number of hydrogen-bond acceptors (Lipinski definition) is 4. The summed E-state index contributed by atoms with van der Waals surface area (Å²) in [6.45, 7) is 3.92. The number of halogens is 1. The second-order valence-electron chi connectivity index (χ2n) is 5.35. The number of likely N-dealkylation sites (tertiary alicyclic amines) is 1. The Hall–Kier alpha value is -1.40. The predicted octanol–water partition coefficient (Wildman–Crippen LogP) is 2.66. The minimum absolute atomic E-state index is 0.0728. The molecule has 1 aliphatic heterocycles. The zero-order valence-corrected chi connectivity index (χ0v) is 14.3. The van der Waals surface area contributed by atoms with E-state index in [1.54, 1.807) is 0 Å². The molecule has 0 unspecified atom stereocenters. The zero-order valence-electron chi connectivity index (χ0n) is 12.7. The maximum Gasteiger partial charge on any atom is 0.310 e. The Morgan fingerprint density at radius 1 is 1.41 bits per heavy atom. The Labute approximate surface area is 139 Å². The number of anilines is 1. The molecule has 1 aliphatic rings. The van der Waals surface area contributed by atoms with E-state index >= 15 is 0 Å². The molecule has 0 saturated carbocycles. The van der Waals surface area contributed by atoms with Crippen molar-refractivity contribution >= 4 is 33.5 Å². The number of nitrogens with one attached hydrogen (secondary N) is 1. The van der Waals surface area contributed by atoms with Crippen molar-refractivity contribution in [1.29, 1.82) is 0 Å². The van der Waals surface area contributed by atoms with Crippen LogP contribution in [0.3, 0.4) is 0 Å². The minimum atomic E-state index is -0.154. The molecule has 5 nitrogen and oxygen atoms in total. The van der Waals surface area contributed by atoms with Gasteiger partial charge in [0.2, 0.25) is 5.91 Å². The molecule has 22 heavy (non-hydrogen) atoms. The SMILES string of the molecule is CCOC(=O)[C@@H]1CCCN(CC(=O)Nc2ccccc2Br)C1. The molecule has 0 radical (unpaired) electrons. The van der Waals surface area contributed by atoms with Crippen LogP contribution in [-0.2, 0) is 14.3 Å². The first-order valence-corrected chi connectivity index (χ1v) is 8.32. The van der Waals surface area contributed by atoms with Crippen LogP contribution in [0.2, 0.25) is 0 Å². The summed E-state index contributed by atoms with van der Waals surface area (Å²) in [6, 6.07) is 7.50. The average molecular weight is 369 g/mol. The Kier molecular flexibility index (Phi) is 6.39. The first-order chi connectivity index (χ1) is 10.6. The number of hydrogen-bond donors (Lipinski definition) is 1. The van der Waals surface area contributed by atoms with Crippen LogP contribution in [0.4, 0.5) is 5.69 Å². The van der Waals surface area contributed by atoms with Gasteiger partial charge in [-0.2, -0.15) is 0 Å². The first-order valence-electron chi connectivity index (χ1n) is 7.53. The summed E-state index contributed by atoms with van der Waals surface area (Å²) < 4.78 is 5.93. The molecule has 1 heterocycles. The van der Waals surface area contributed by atoms with Gasteiger partial charge in [-0.15, -0.1) is 0 Å². The maximum absolute atomic E-state index is 12.1. The lowest BCUT2D eigenvalue weighted by Gasteiger charge is -2.30. The van der Waals surface area contributed by atoms with Gasteiger partial charge < -0.3 is 10.1 Å². The van der Waals surface area contributed by atoms with Gasteiger partial charge >= 0.3 is 5.97 Å². The first kappa shape index (κ1) is 17.0. The van der Waals surface area contributed by atoms with Crippen LogP contribution in [0.1, 0.15) is 19.8 Å². The predicted molar refractivity (Wildman–Crippen MR) is 88.6 cm³/mol.